The largest absolute Gasteiger partial charge is 0.494 e. The van der Waals surface area contributed by atoms with Crippen molar-refractivity contribution in [2.45, 2.75) is 26.2 Å². The lowest BCUT2D eigenvalue weighted by Crippen LogP contribution is -2.29. The molecule has 1 atom stereocenters. The third kappa shape index (κ3) is 4.61. The van der Waals surface area contributed by atoms with E-state index in [9.17, 15) is 4.79 Å². The summed E-state index contributed by atoms with van der Waals surface area (Å²) in [5.74, 6) is 1.48. The summed E-state index contributed by atoms with van der Waals surface area (Å²) in [4.78, 5) is 13.9. The van der Waals surface area contributed by atoms with Crippen LogP contribution in [0.2, 0.25) is 5.02 Å². The summed E-state index contributed by atoms with van der Waals surface area (Å²) in [5.41, 5.74) is 6.63. The van der Waals surface area contributed by atoms with Gasteiger partial charge in [0.25, 0.3) is 0 Å². The van der Waals surface area contributed by atoms with E-state index in [-0.39, 0.29) is 5.91 Å². The van der Waals surface area contributed by atoms with Gasteiger partial charge in [0.2, 0.25) is 5.91 Å². The highest BCUT2D eigenvalue weighted by atomic mass is 35.5. The first kappa shape index (κ1) is 16.1. The van der Waals surface area contributed by atoms with Crippen LogP contribution < -0.4 is 10.5 Å². The summed E-state index contributed by atoms with van der Waals surface area (Å²) in [7, 11) is 0. The van der Waals surface area contributed by atoms with Crippen LogP contribution in [0.5, 0.6) is 5.75 Å². The molecule has 1 aromatic carbocycles. The lowest BCUT2D eigenvalue weighted by Gasteiger charge is -2.16. The molecule has 1 heterocycles. The van der Waals surface area contributed by atoms with E-state index in [1.165, 1.54) is 0 Å². The smallest absolute Gasteiger partial charge is 0.222 e. The van der Waals surface area contributed by atoms with Crippen molar-refractivity contribution in [3.05, 3.63) is 28.8 Å². The SMILES string of the molecule is Cc1cc(OCCCC(=O)N2CCC(CN)C2)ccc1Cl. The molecule has 0 radical (unpaired) electrons. The second-order valence-electron chi connectivity index (χ2n) is 5.59. The highest BCUT2D eigenvalue weighted by Crippen LogP contribution is 2.21. The molecule has 1 saturated heterocycles. The van der Waals surface area contributed by atoms with Crippen LogP contribution in [0, 0.1) is 12.8 Å². The molecule has 1 aliphatic rings. The second-order valence-corrected chi connectivity index (χ2v) is 6.00. The Morgan fingerprint density at radius 3 is 3.00 bits per heavy atom. The van der Waals surface area contributed by atoms with Crippen LogP contribution in [0.1, 0.15) is 24.8 Å². The standard InChI is InChI=1S/C16H23ClN2O2/c1-12-9-14(4-5-15(12)17)21-8-2-3-16(20)19-7-6-13(10-18)11-19/h4-5,9,13H,2-3,6-8,10-11,18H2,1H3. The third-order valence-electron chi connectivity index (χ3n) is 3.91. The van der Waals surface area contributed by atoms with E-state index in [0.29, 0.717) is 25.5 Å². The summed E-state index contributed by atoms with van der Waals surface area (Å²) >= 11 is 5.97. The number of carbonyl (C=O) groups is 1. The molecule has 0 aliphatic carbocycles. The summed E-state index contributed by atoms with van der Waals surface area (Å²) in [5, 5.41) is 0.737. The molecule has 0 saturated carbocycles. The van der Waals surface area contributed by atoms with Gasteiger partial charge in [-0.1, -0.05) is 11.6 Å². The van der Waals surface area contributed by atoms with Crippen LogP contribution in [-0.4, -0.2) is 37.0 Å². The Balaban J connectivity index is 1.67. The number of hydrogen-bond acceptors (Lipinski definition) is 3. The number of nitrogens with two attached hydrogens (primary N) is 1. The predicted molar refractivity (Wildman–Crippen MR) is 84.7 cm³/mol. The molecule has 0 bridgehead atoms. The molecule has 1 aliphatic heterocycles. The zero-order valence-electron chi connectivity index (χ0n) is 12.5. The van der Waals surface area contributed by atoms with Crippen molar-refractivity contribution in [3.63, 3.8) is 0 Å². The number of aryl methyl sites for hydroxylation is 1. The van der Waals surface area contributed by atoms with E-state index >= 15 is 0 Å². The zero-order valence-corrected chi connectivity index (χ0v) is 13.2. The fourth-order valence-electron chi connectivity index (χ4n) is 2.53. The van der Waals surface area contributed by atoms with E-state index in [4.69, 9.17) is 22.1 Å². The average Bonchev–Trinajstić information content (AvgIpc) is 2.96. The van der Waals surface area contributed by atoms with Crippen molar-refractivity contribution in [2.24, 2.45) is 11.7 Å². The van der Waals surface area contributed by atoms with Gasteiger partial charge in [0.05, 0.1) is 6.61 Å². The molecule has 116 valence electrons. The van der Waals surface area contributed by atoms with Crippen LogP contribution in [0.3, 0.4) is 0 Å². The van der Waals surface area contributed by atoms with E-state index < -0.39 is 0 Å². The minimum Gasteiger partial charge on any atom is -0.494 e. The van der Waals surface area contributed by atoms with E-state index in [2.05, 4.69) is 0 Å². The van der Waals surface area contributed by atoms with Crippen molar-refractivity contribution in [2.75, 3.05) is 26.2 Å². The summed E-state index contributed by atoms with van der Waals surface area (Å²) in [6, 6.07) is 5.59. The molecule has 21 heavy (non-hydrogen) atoms. The Labute approximate surface area is 131 Å². The van der Waals surface area contributed by atoms with E-state index in [1.54, 1.807) is 0 Å². The van der Waals surface area contributed by atoms with Gasteiger partial charge in [0, 0.05) is 24.5 Å². The number of nitrogens with zero attached hydrogens (tertiary/aromatic N) is 1. The lowest BCUT2D eigenvalue weighted by atomic mass is 10.1. The minimum absolute atomic E-state index is 0.210. The monoisotopic (exact) mass is 310 g/mol. The molecule has 2 rings (SSSR count). The van der Waals surface area contributed by atoms with E-state index in [1.807, 2.05) is 30.0 Å². The van der Waals surface area contributed by atoms with Gasteiger partial charge in [-0.2, -0.15) is 0 Å². The Hall–Kier alpha value is -1.26. The summed E-state index contributed by atoms with van der Waals surface area (Å²) < 4.78 is 5.65. The molecule has 1 unspecified atom stereocenters. The number of ether oxygens (including phenoxy) is 1. The molecule has 4 nitrogen and oxygen atoms in total. The minimum atomic E-state index is 0.210. The van der Waals surface area contributed by atoms with E-state index in [0.717, 1.165) is 42.3 Å². The number of amides is 1. The van der Waals surface area contributed by atoms with Crippen molar-refractivity contribution < 1.29 is 9.53 Å². The lowest BCUT2D eigenvalue weighted by molar-refractivity contribution is -0.130. The molecule has 1 amide bonds. The quantitative estimate of drug-likeness (QED) is 0.822. The first-order chi connectivity index (χ1) is 10.1. The van der Waals surface area contributed by atoms with Gasteiger partial charge < -0.3 is 15.4 Å². The van der Waals surface area contributed by atoms with Crippen LogP contribution in [-0.2, 0) is 4.79 Å². The number of rotatable bonds is 6. The van der Waals surface area contributed by atoms with Crippen LogP contribution in [0.25, 0.3) is 0 Å². The maximum Gasteiger partial charge on any atom is 0.222 e. The predicted octanol–water partition coefficient (Wildman–Crippen LogP) is 2.61. The third-order valence-corrected chi connectivity index (χ3v) is 4.33. The first-order valence-corrected chi connectivity index (χ1v) is 7.84. The van der Waals surface area contributed by atoms with Gasteiger partial charge >= 0.3 is 0 Å². The van der Waals surface area contributed by atoms with Gasteiger partial charge in [-0.15, -0.1) is 0 Å². The molecular formula is C16H23ClN2O2. The van der Waals surface area contributed by atoms with Gasteiger partial charge in [0.1, 0.15) is 5.75 Å². The summed E-state index contributed by atoms with van der Waals surface area (Å²) in [6.45, 7) is 4.81. The van der Waals surface area contributed by atoms with Crippen molar-refractivity contribution >= 4 is 17.5 Å². The first-order valence-electron chi connectivity index (χ1n) is 7.47. The maximum atomic E-state index is 12.0. The number of hydrogen-bond donors (Lipinski definition) is 1. The Morgan fingerprint density at radius 2 is 2.33 bits per heavy atom. The molecule has 1 aromatic rings. The molecule has 0 aromatic heterocycles. The topological polar surface area (TPSA) is 55.6 Å². The van der Waals surface area contributed by atoms with Crippen molar-refractivity contribution in [1.29, 1.82) is 0 Å². The number of halogens is 1. The van der Waals surface area contributed by atoms with Crippen molar-refractivity contribution in [1.82, 2.24) is 4.90 Å². The molecule has 0 spiro atoms. The van der Waals surface area contributed by atoms with Crippen LogP contribution >= 0.6 is 11.6 Å². The average molecular weight is 311 g/mol. The number of likely N-dealkylation sites (tertiary alicyclic amines) is 1. The Morgan fingerprint density at radius 1 is 1.52 bits per heavy atom. The molecular weight excluding hydrogens is 288 g/mol. The van der Waals surface area contributed by atoms with Gasteiger partial charge in [-0.05, 0) is 56.0 Å². The van der Waals surface area contributed by atoms with Crippen LogP contribution in [0.4, 0.5) is 0 Å². The van der Waals surface area contributed by atoms with Crippen molar-refractivity contribution in [3.8, 4) is 5.75 Å². The van der Waals surface area contributed by atoms with Gasteiger partial charge in [-0.3, -0.25) is 4.79 Å². The fourth-order valence-corrected chi connectivity index (χ4v) is 2.65. The zero-order chi connectivity index (χ0) is 15.2. The fraction of sp³-hybridized carbons (Fsp3) is 0.562. The number of benzene rings is 1. The highest BCUT2D eigenvalue weighted by molar-refractivity contribution is 6.31. The maximum absolute atomic E-state index is 12.0. The van der Waals surface area contributed by atoms with Gasteiger partial charge in [-0.25, -0.2) is 0 Å². The molecule has 1 fully saturated rings. The molecule has 5 heteroatoms. The van der Waals surface area contributed by atoms with Gasteiger partial charge in [0.15, 0.2) is 0 Å². The van der Waals surface area contributed by atoms with Crippen LogP contribution in [0.15, 0.2) is 18.2 Å². The Bertz CT molecular complexity index is 493. The highest BCUT2D eigenvalue weighted by Gasteiger charge is 2.24. The Kier molecular flexibility index (Phi) is 5.88. The second kappa shape index (κ2) is 7.66. The normalized spacial score (nSPS) is 18.0. The number of carbonyl (C=O) groups excluding carboxylic acids is 1. The summed E-state index contributed by atoms with van der Waals surface area (Å²) in [6.07, 6.45) is 2.29. The molecule has 2 N–H and O–H groups in total.